The van der Waals surface area contributed by atoms with Gasteiger partial charge in [0.05, 0.1) is 5.39 Å². The summed E-state index contributed by atoms with van der Waals surface area (Å²) in [7, 11) is 0. The maximum atomic E-state index is 13.2. The highest BCUT2D eigenvalue weighted by atomic mass is 16.5. The number of phenolic OH excluding ortho intramolecular Hbond substituents is 1. The zero-order valence-electron chi connectivity index (χ0n) is 21.6. The smallest absolute Gasteiger partial charge is 0.193 e. The average molecular weight is 527 g/mol. The van der Waals surface area contributed by atoms with Gasteiger partial charge < -0.3 is 19.0 Å². The van der Waals surface area contributed by atoms with Gasteiger partial charge in [-0.3, -0.25) is 4.79 Å². The molecule has 0 radical (unpaired) electrons. The molecule has 5 nitrogen and oxygen atoms in total. The maximum Gasteiger partial charge on any atom is 0.193 e. The van der Waals surface area contributed by atoms with E-state index in [1.807, 2.05) is 91.0 Å². The summed E-state index contributed by atoms with van der Waals surface area (Å²) in [5.74, 6) is 1.75. The Balaban J connectivity index is 1.33. The van der Waals surface area contributed by atoms with Gasteiger partial charge in [-0.05, 0) is 64.7 Å². The lowest BCUT2D eigenvalue weighted by Crippen LogP contribution is -2.02. The van der Waals surface area contributed by atoms with Crippen molar-refractivity contribution in [2.45, 2.75) is 13.2 Å². The van der Waals surface area contributed by atoms with Crippen molar-refractivity contribution in [1.29, 1.82) is 0 Å². The molecule has 0 atom stereocenters. The predicted octanol–water partition coefficient (Wildman–Crippen LogP) is 7.99. The van der Waals surface area contributed by atoms with Crippen molar-refractivity contribution in [3.63, 3.8) is 0 Å². The van der Waals surface area contributed by atoms with Crippen LogP contribution in [0, 0.1) is 0 Å². The number of aromatic hydroxyl groups is 1. The molecule has 0 unspecified atom stereocenters. The molecule has 0 bridgehead atoms. The monoisotopic (exact) mass is 526 g/mol. The standard InChI is InChI=1S/C35H26O5/c36-29-13-7-12-26(18-29)27-14-16-32-30(19-27)31(37)21-34(40-32)28-15-17-33(38-22-24-8-3-1-4-9-24)35(20-28)39-23-25-10-5-2-6-11-25/h1-21,36H,22-23H2. The number of hydrogen-bond acceptors (Lipinski definition) is 5. The summed E-state index contributed by atoms with van der Waals surface area (Å²) in [6.07, 6.45) is 0. The first kappa shape index (κ1) is 25.0. The van der Waals surface area contributed by atoms with E-state index >= 15 is 0 Å². The van der Waals surface area contributed by atoms with Gasteiger partial charge in [-0.25, -0.2) is 0 Å². The second kappa shape index (κ2) is 11.2. The topological polar surface area (TPSA) is 68.9 Å². The Morgan fingerprint density at radius 1 is 0.575 bits per heavy atom. The van der Waals surface area contributed by atoms with E-state index in [2.05, 4.69) is 0 Å². The van der Waals surface area contributed by atoms with Crippen LogP contribution in [-0.2, 0) is 13.2 Å². The van der Waals surface area contributed by atoms with E-state index in [-0.39, 0.29) is 11.2 Å². The van der Waals surface area contributed by atoms with E-state index in [1.54, 1.807) is 30.3 Å². The zero-order chi connectivity index (χ0) is 27.3. The summed E-state index contributed by atoms with van der Waals surface area (Å²) < 4.78 is 18.5. The van der Waals surface area contributed by atoms with Crippen molar-refractivity contribution in [2.75, 3.05) is 0 Å². The molecule has 0 saturated carbocycles. The molecule has 1 N–H and O–H groups in total. The van der Waals surface area contributed by atoms with Crippen molar-refractivity contribution in [3.05, 3.63) is 149 Å². The molecule has 0 saturated heterocycles. The minimum Gasteiger partial charge on any atom is -0.508 e. The summed E-state index contributed by atoms with van der Waals surface area (Å²) in [5, 5.41) is 10.3. The highest BCUT2D eigenvalue weighted by molar-refractivity contribution is 5.84. The second-order valence-corrected chi connectivity index (χ2v) is 9.45. The molecule has 0 aliphatic carbocycles. The van der Waals surface area contributed by atoms with Crippen molar-refractivity contribution < 1.29 is 19.0 Å². The lowest BCUT2D eigenvalue weighted by atomic mass is 10.0. The molecular weight excluding hydrogens is 500 g/mol. The molecule has 0 amide bonds. The number of rotatable bonds is 8. The fourth-order valence-electron chi connectivity index (χ4n) is 4.53. The van der Waals surface area contributed by atoms with Gasteiger partial charge >= 0.3 is 0 Å². The van der Waals surface area contributed by atoms with Crippen LogP contribution < -0.4 is 14.9 Å². The number of fused-ring (bicyclic) bond motifs is 1. The van der Waals surface area contributed by atoms with Crippen LogP contribution in [0.25, 0.3) is 33.4 Å². The Hall–Kier alpha value is -5.29. The Kier molecular flexibility index (Phi) is 7.01. The fraction of sp³-hybridized carbons (Fsp3) is 0.0571. The third-order valence-electron chi connectivity index (χ3n) is 6.61. The van der Waals surface area contributed by atoms with Crippen LogP contribution in [0.3, 0.4) is 0 Å². The van der Waals surface area contributed by atoms with Crippen LogP contribution >= 0.6 is 0 Å². The van der Waals surface area contributed by atoms with Gasteiger partial charge in [0.15, 0.2) is 16.9 Å². The first-order chi connectivity index (χ1) is 19.6. The lowest BCUT2D eigenvalue weighted by Gasteiger charge is -2.15. The van der Waals surface area contributed by atoms with Gasteiger partial charge in [0.1, 0.15) is 30.3 Å². The molecule has 0 spiro atoms. The molecule has 5 aromatic carbocycles. The summed E-state index contributed by atoms with van der Waals surface area (Å²) in [5.41, 5.74) is 4.73. The molecule has 0 fully saturated rings. The van der Waals surface area contributed by atoms with E-state index in [1.165, 1.54) is 6.07 Å². The highest BCUT2D eigenvalue weighted by Crippen LogP contribution is 2.35. The van der Waals surface area contributed by atoms with E-state index < -0.39 is 0 Å². The van der Waals surface area contributed by atoms with Crippen LogP contribution in [0.2, 0.25) is 0 Å². The quantitative estimate of drug-likeness (QED) is 0.218. The van der Waals surface area contributed by atoms with Gasteiger partial charge in [-0.2, -0.15) is 0 Å². The van der Waals surface area contributed by atoms with Crippen LogP contribution in [0.4, 0.5) is 0 Å². The van der Waals surface area contributed by atoms with Crippen LogP contribution in [0.15, 0.2) is 137 Å². The Morgan fingerprint density at radius 2 is 1.23 bits per heavy atom. The van der Waals surface area contributed by atoms with Crippen LogP contribution in [0.5, 0.6) is 17.2 Å². The molecule has 6 aromatic rings. The van der Waals surface area contributed by atoms with E-state index in [9.17, 15) is 9.90 Å². The predicted molar refractivity (Wildman–Crippen MR) is 157 cm³/mol. The largest absolute Gasteiger partial charge is 0.508 e. The minimum absolute atomic E-state index is 0.158. The number of benzene rings is 5. The molecule has 1 aromatic heterocycles. The molecule has 1 heterocycles. The summed E-state index contributed by atoms with van der Waals surface area (Å²) in [6, 6.07) is 39.3. The molecule has 0 aliphatic rings. The van der Waals surface area contributed by atoms with Gasteiger partial charge in [0, 0.05) is 11.6 Å². The Morgan fingerprint density at radius 3 is 1.93 bits per heavy atom. The second-order valence-electron chi connectivity index (χ2n) is 9.45. The molecule has 5 heteroatoms. The first-order valence-electron chi connectivity index (χ1n) is 13.0. The number of phenols is 1. The molecule has 40 heavy (non-hydrogen) atoms. The van der Waals surface area contributed by atoms with Crippen molar-refractivity contribution in [3.8, 4) is 39.7 Å². The molecule has 196 valence electrons. The van der Waals surface area contributed by atoms with E-state index in [0.29, 0.717) is 47.0 Å². The van der Waals surface area contributed by atoms with E-state index in [0.717, 1.165) is 22.3 Å². The van der Waals surface area contributed by atoms with Crippen molar-refractivity contribution >= 4 is 11.0 Å². The normalized spacial score (nSPS) is 10.9. The van der Waals surface area contributed by atoms with Gasteiger partial charge in [0.25, 0.3) is 0 Å². The van der Waals surface area contributed by atoms with E-state index in [4.69, 9.17) is 13.9 Å². The zero-order valence-corrected chi connectivity index (χ0v) is 21.6. The maximum absolute atomic E-state index is 13.2. The summed E-state index contributed by atoms with van der Waals surface area (Å²) in [4.78, 5) is 13.2. The van der Waals surface area contributed by atoms with Crippen molar-refractivity contribution in [2.24, 2.45) is 0 Å². The third kappa shape index (κ3) is 5.59. The number of hydrogen-bond donors (Lipinski definition) is 1. The lowest BCUT2D eigenvalue weighted by molar-refractivity contribution is 0.256. The van der Waals surface area contributed by atoms with Gasteiger partial charge in [-0.1, -0.05) is 78.9 Å². The van der Waals surface area contributed by atoms with Crippen LogP contribution in [0.1, 0.15) is 11.1 Å². The Labute approximate surface area is 231 Å². The molecule has 0 aliphatic heterocycles. The average Bonchev–Trinajstić information content (AvgIpc) is 3.00. The van der Waals surface area contributed by atoms with Gasteiger partial charge in [-0.15, -0.1) is 0 Å². The fourth-order valence-corrected chi connectivity index (χ4v) is 4.53. The molecule has 6 rings (SSSR count). The van der Waals surface area contributed by atoms with Gasteiger partial charge in [0.2, 0.25) is 0 Å². The van der Waals surface area contributed by atoms with Crippen molar-refractivity contribution in [1.82, 2.24) is 0 Å². The summed E-state index contributed by atoms with van der Waals surface area (Å²) in [6.45, 7) is 0.764. The molecular formula is C35H26O5. The first-order valence-corrected chi connectivity index (χ1v) is 13.0. The van der Waals surface area contributed by atoms with Crippen LogP contribution in [-0.4, -0.2) is 5.11 Å². The Bertz CT molecular complexity index is 1820. The number of ether oxygens (including phenoxy) is 2. The minimum atomic E-state index is -0.158. The third-order valence-corrected chi connectivity index (χ3v) is 6.61. The summed E-state index contributed by atoms with van der Waals surface area (Å²) >= 11 is 0. The highest BCUT2D eigenvalue weighted by Gasteiger charge is 2.13. The SMILES string of the molecule is O=c1cc(-c2ccc(OCc3ccccc3)c(OCc3ccccc3)c2)oc2ccc(-c3cccc(O)c3)cc12.